The highest BCUT2D eigenvalue weighted by Crippen LogP contribution is 2.15. The Labute approximate surface area is 254 Å². The van der Waals surface area contributed by atoms with Crippen molar-refractivity contribution in [3.8, 4) is 0 Å². The number of hydrogen-bond acceptors (Lipinski definition) is 4. The fraction of sp³-hybridized carbons (Fsp3) is 0.912. The molecule has 0 aromatic rings. The molecular weight excluding hydrogens is 534 g/mol. The lowest BCUT2D eigenvalue weighted by molar-refractivity contribution is -0.122. The summed E-state index contributed by atoms with van der Waals surface area (Å²) < 4.78 is 32.2. The Morgan fingerprint density at radius 2 is 1.00 bits per heavy atom. The number of aliphatic hydroxyl groups is 1. The van der Waals surface area contributed by atoms with E-state index >= 15 is 0 Å². The summed E-state index contributed by atoms with van der Waals surface area (Å²) in [6.45, 7) is 4.46. The minimum absolute atomic E-state index is 0.279. The zero-order valence-corrected chi connectivity index (χ0v) is 27.7. The summed E-state index contributed by atoms with van der Waals surface area (Å²) >= 11 is 0. The van der Waals surface area contributed by atoms with E-state index in [9.17, 15) is 22.9 Å². The smallest absolute Gasteiger partial charge is 0.267 e. The third kappa shape index (κ3) is 30.3. The summed E-state index contributed by atoms with van der Waals surface area (Å²) in [6.07, 6.45) is 33.5. The van der Waals surface area contributed by atoms with Crippen molar-refractivity contribution in [3.63, 3.8) is 0 Å². The SMILES string of the molecule is CCCCCCCC/C=C/C(O)C(CS(=O)(=O)O)NC(=O)CCCCCCCCCCCCCCCCCCCC. The van der Waals surface area contributed by atoms with Gasteiger partial charge in [0.1, 0.15) is 0 Å². The molecule has 2 unspecified atom stereocenters. The molecule has 0 spiro atoms. The predicted octanol–water partition coefficient (Wildman–Crippen LogP) is 9.46. The molecule has 0 aliphatic heterocycles. The maximum Gasteiger partial charge on any atom is 0.267 e. The first-order valence-electron chi connectivity index (χ1n) is 17.4. The summed E-state index contributed by atoms with van der Waals surface area (Å²) in [5.41, 5.74) is 0. The minimum Gasteiger partial charge on any atom is -0.387 e. The van der Waals surface area contributed by atoms with Crippen LogP contribution >= 0.6 is 0 Å². The van der Waals surface area contributed by atoms with Crippen molar-refractivity contribution >= 4 is 16.0 Å². The monoisotopic (exact) mass is 601 g/mol. The predicted molar refractivity (Wildman–Crippen MR) is 175 cm³/mol. The van der Waals surface area contributed by atoms with E-state index in [1.54, 1.807) is 6.08 Å². The summed E-state index contributed by atoms with van der Waals surface area (Å²) in [4.78, 5) is 12.4. The zero-order chi connectivity index (χ0) is 30.4. The molecule has 7 heteroatoms. The van der Waals surface area contributed by atoms with Gasteiger partial charge in [0.15, 0.2) is 0 Å². The molecule has 0 radical (unpaired) electrons. The van der Waals surface area contributed by atoms with Gasteiger partial charge in [-0.15, -0.1) is 0 Å². The van der Waals surface area contributed by atoms with Crippen LogP contribution in [0.4, 0.5) is 0 Å². The maximum absolute atomic E-state index is 12.4. The van der Waals surface area contributed by atoms with Crippen molar-refractivity contribution in [2.45, 2.75) is 193 Å². The summed E-state index contributed by atoms with van der Waals surface area (Å²) in [7, 11) is -4.32. The Hall–Kier alpha value is -0.920. The Bertz CT molecular complexity index is 710. The van der Waals surface area contributed by atoms with E-state index in [1.165, 1.54) is 122 Å². The van der Waals surface area contributed by atoms with Crippen molar-refractivity contribution < 1.29 is 22.9 Å². The van der Waals surface area contributed by atoms with Gasteiger partial charge in [0.05, 0.1) is 17.9 Å². The second-order valence-electron chi connectivity index (χ2n) is 12.2. The Morgan fingerprint density at radius 1 is 0.634 bits per heavy atom. The molecule has 0 aliphatic carbocycles. The third-order valence-electron chi connectivity index (χ3n) is 7.96. The number of unbranched alkanes of at least 4 members (excludes halogenated alkanes) is 23. The van der Waals surface area contributed by atoms with Gasteiger partial charge in [0.25, 0.3) is 10.1 Å². The van der Waals surface area contributed by atoms with E-state index < -0.39 is 28.0 Å². The van der Waals surface area contributed by atoms with Crippen molar-refractivity contribution in [1.82, 2.24) is 5.32 Å². The Balaban J connectivity index is 3.86. The third-order valence-corrected chi connectivity index (χ3v) is 8.74. The molecular formula is C34H67NO5S. The van der Waals surface area contributed by atoms with Gasteiger partial charge in [0, 0.05) is 6.42 Å². The average molecular weight is 602 g/mol. The van der Waals surface area contributed by atoms with Crippen LogP contribution in [-0.2, 0) is 14.9 Å². The molecule has 0 aromatic heterocycles. The van der Waals surface area contributed by atoms with Gasteiger partial charge in [-0.1, -0.05) is 167 Å². The quantitative estimate of drug-likeness (QED) is 0.0417. The molecule has 0 rings (SSSR count). The van der Waals surface area contributed by atoms with Crippen LogP contribution in [0.1, 0.15) is 181 Å². The number of aliphatic hydroxyl groups excluding tert-OH is 1. The van der Waals surface area contributed by atoms with Crippen molar-refractivity contribution in [2.75, 3.05) is 5.75 Å². The van der Waals surface area contributed by atoms with Crippen molar-refractivity contribution in [3.05, 3.63) is 12.2 Å². The van der Waals surface area contributed by atoms with Crippen LogP contribution in [0.25, 0.3) is 0 Å². The summed E-state index contributed by atoms with van der Waals surface area (Å²) in [6, 6.07) is -1.05. The molecule has 0 saturated heterocycles. The van der Waals surface area contributed by atoms with Crippen LogP contribution in [0.15, 0.2) is 12.2 Å². The van der Waals surface area contributed by atoms with Crippen molar-refractivity contribution in [1.29, 1.82) is 0 Å². The maximum atomic E-state index is 12.4. The Morgan fingerprint density at radius 3 is 1.39 bits per heavy atom. The van der Waals surface area contributed by atoms with Crippen LogP contribution in [0.3, 0.4) is 0 Å². The van der Waals surface area contributed by atoms with Gasteiger partial charge in [-0.25, -0.2) is 0 Å². The molecule has 0 aliphatic rings. The lowest BCUT2D eigenvalue weighted by Crippen LogP contribution is -2.46. The second kappa shape index (κ2) is 29.2. The van der Waals surface area contributed by atoms with Gasteiger partial charge in [-0.05, 0) is 19.3 Å². The highest BCUT2D eigenvalue weighted by Gasteiger charge is 2.24. The van der Waals surface area contributed by atoms with E-state index in [0.717, 1.165) is 38.5 Å². The second-order valence-corrected chi connectivity index (χ2v) is 13.7. The highest BCUT2D eigenvalue weighted by molar-refractivity contribution is 7.85. The number of amides is 1. The van der Waals surface area contributed by atoms with Crippen LogP contribution in [-0.4, -0.2) is 41.9 Å². The van der Waals surface area contributed by atoms with E-state index in [4.69, 9.17) is 0 Å². The van der Waals surface area contributed by atoms with Gasteiger partial charge in [-0.2, -0.15) is 8.42 Å². The Kier molecular flexibility index (Phi) is 28.5. The van der Waals surface area contributed by atoms with Gasteiger partial charge < -0.3 is 10.4 Å². The van der Waals surface area contributed by atoms with Crippen LogP contribution in [0.2, 0.25) is 0 Å². The van der Waals surface area contributed by atoms with E-state index in [0.29, 0.717) is 6.42 Å². The number of allylic oxidation sites excluding steroid dienone is 1. The van der Waals surface area contributed by atoms with Gasteiger partial charge >= 0.3 is 0 Å². The fourth-order valence-electron chi connectivity index (χ4n) is 5.33. The minimum atomic E-state index is -4.32. The zero-order valence-electron chi connectivity index (χ0n) is 26.9. The highest BCUT2D eigenvalue weighted by atomic mass is 32.2. The number of rotatable bonds is 31. The first-order chi connectivity index (χ1) is 19.8. The first kappa shape index (κ1) is 40.1. The number of carbonyl (C=O) groups is 1. The van der Waals surface area contributed by atoms with Crippen LogP contribution in [0, 0.1) is 0 Å². The van der Waals surface area contributed by atoms with Gasteiger partial charge in [-0.3, -0.25) is 9.35 Å². The number of nitrogens with one attached hydrogen (secondary N) is 1. The van der Waals surface area contributed by atoms with Crippen LogP contribution < -0.4 is 5.32 Å². The first-order valence-corrected chi connectivity index (χ1v) is 19.0. The van der Waals surface area contributed by atoms with E-state index in [-0.39, 0.29) is 5.91 Å². The fourth-order valence-corrected chi connectivity index (χ4v) is 6.07. The molecule has 0 aromatic carbocycles. The molecule has 244 valence electrons. The van der Waals surface area contributed by atoms with E-state index in [1.807, 2.05) is 6.08 Å². The summed E-state index contributed by atoms with van der Waals surface area (Å²) in [5.74, 6) is -0.973. The standard InChI is InChI=1S/C34H67NO5S/c1-3-5-7-9-11-13-14-15-16-17-18-19-20-21-22-24-26-28-30-34(37)35-32(31-41(38,39)40)33(36)29-27-25-23-12-10-8-6-4-2/h27,29,32-33,36H,3-26,28,30-31H2,1-2H3,(H,35,37)(H,38,39,40)/b29-27+. The molecule has 6 nitrogen and oxygen atoms in total. The molecule has 41 heavy (non-hydrogen) atoms. The molecule has 0 heterocycles. The lowest BCUT2D eigenvalue weighted by atomic mass is 10.0. The lowest BCUT2D eigenvalue weighted by Gasteiger charge is -2.21. The van der Waals surface area contributed by atoms with Gasteiger partial charge in [0.2, 0.25) is 5.91 Å². The average Bonchev–Trinajstić information content (AvgIpc) is 2.92. The molecule has 2 atom stereocenters. The molecule has 1 amide bonds. The normalized spacial score (nSPS) is 13.6. The number of hydrogen-bond donors (Lipinski definition) is 3. The largest absolute Gasteiger partial charge is 0.387 e. The topological polar surface area (TPSA) is 104 Å². The molecule has 3 N–H and O–H groups in total. The molecule has 0 saturated carbocycles. The summed E-state index contributed by atoms with van der Waals surface area (Å²) in [5, 5.41) is 13.1. The van der Waals surface area contributed by atoms with Crippen LogP contribution in [0.5, 0.6) is 0 Å². The molecule has 0 fully saturated rings. The van der Waals surface area contributed by atoms with Crippen molar-refractivity contribution in [2.24, 2.45) is 0 Å². The number of carbonyl (C=O) groups excluding carboxylic acids is 1. The molecule has 0 bridgehead atoms. The van der Waals surface area contributed by atoms with E-state index in [2.05, 4.69) is 19.2 Å².